The highest BCUT2D eigenvalue weighted by atomic mass is 19.3. The minimum atomic E-state index is -3.19. The molecule has 0 aliphatic heterocycles. The predicted octanol–water partition coefficient (Wildman–Crippen LogP) is 3.94. The van der Waals surface area contributed by atoms with E-state index in [0.717, 1.165) is 18.2 Å². The number of rotatable bonds is 4. The number of alkyl halides is 2. The van der Waals surface area contributed by atoms with Crippen LogP contribution in [0.3, 0.4) is 0 Å². The second-order valence-corrected chi connectivity index (χ2v) is 3.76. The van der Waals surface area contributed by atoms with Crippen molar-refractivity contribution in [3.63, 3.8) is 0 Å². The molecule has 0 saturated heterocycles. The van der Waals surface area contributed by atoms with Crippen LogP contribution in [-0.4, -0.2) is 6.61 Å². The largest absolute Gasteiger partial charge is 0.455 e. The summed E-state index contributed by atoms with van der Waals surface area (Å²) in [5.74, 6) is -2.33. The lowest BCUT2D eigenvalue weighted by molar-refractivity contribution is -0.0522. The van der Waals surface area contributed by atoms with Crippen LogP contribution in [-0.2, 0) is 0 Å². The Bertz CT molecular complexity index is 619. The summed E-state index contributed by atoms with van der Waals surface area (Å²) in [6, 6.07) is 6.75. The van der Waals surface area contributed by atoms with Gasteiger partial charge in [-0.25, -0.2) is 8.78 Å². The average Bonchev–Trinajstić information content (AvgIpc) is 2.34. The van der Waals surface area contributed by atoms with Crippen molar-refractivity contribution in [1.82, 2.24) is 0 Å². The van der Waals surface area contributed by atoms with Gasteiger partial charge in [0, 0.05) is 18.2 Å². The standard InChI is InChI=1S/C13H9F4NO2/c14-7-2-1-3-8(4-7)19-12-6-11(20-13(16)17)9(15)5-10(12)18/h1-6,13H,18H2. The Morgan fingerprint density at radius 3 is 2.40 bits per heavy atom. The van der Waals surface area contributed by atoms with Gasteiger partial charge in [-0.05, 0) is 12.1 Å². The van der Waals surface area contributed by atoms with Crippen molar-refractivity contribution in [2.45, 2.75) is 6.61 Å². The lowest BCUT2D eigenvalue weighted by Crippen LogP contribution is -2.05. The summed E-state index contributed by atoms with van der Waals surface area (Å²) in [7, 11) is 0. The van der Waals surface area contributed by atoms with E-state index >= 15 is 0 Å². The maximum Gasteiger partial charge on any atom is 0.387 e. The number of hydrogen-bond acceptors (Lipinski definition) is 3. The van der Waals surface area contributed by atoms with E-state index in [1.807, 2.05) is 0 Å². The lowest BCUT2D eigenvalue weighted by atomic mass is 10.2. The van der Waals surface area contributed by atoms with Crippen molar-refractivity contribution < 1.29 is 27.0 Å². The topological polar surface area (TPSA) is 44.5 Å². The third-order valence-electron chi connectivity index (χ3n) is 2.30. The molecule has 2 N–H and O–H groups in total. The molecule has 0 atom stereocenters. The van der Waals surface area contributed by atoms with Crippen LogP contribution in [0.5, 0.6) is 17.2 Å². The Morgan fingerprint density at radius 2 is 1.75 bits per heavy atom. The molecule has 0 radical (unpaired) electrons. The maximum atomic E-state index is 13.3. The van der Waals surface area contributed by atoms with Gasteiger partial charge in [0.2, 0.25) is 0 Å². The number of benzene rings is 2. The van der Waals surface area contributed by atoms with Gasteiger partial charge in [0.1, 0.15) is 11.6 Å². The quantitative estimate of drug-likeness (QED) is 0.684. The molecule has 0 saturated carbocycles. The van der Waals surface area contributed by atoms with Crippen LogP contribution < -0.4 is 15.2 Å². The molecule has 2 aromatic carbocycles. The molecule has 0 aromatic heterocycles. The number of nitrogens with two attached hydrogens (primary N) is 1. The van der Waals surface area contributed by atoms with Gasteiger partial charge in [-0.1, -0.05) is 6.07 Å². The highest BCUT2D eigenvalue weighted by molar-refractivity contribution is 5.57. The molecule has 20 heavy (non-hydrogen) atoms. The number of ether oxygens (including phenoxy) is 2. The van der Waals surface area contributed by atoms with Gasteiger partial charge in [0.25, 0.3) is 0 Å². The molecule has 2 aromatic rings. The Balaban J connectivity index is 2.31. The maximum absolute atomic E-state index is 13.3. The monoisotopic (exact) mass is 287 g/mol. The Labute approximate surface area is 111 Å². The zero-order valence-corrected chi connectivity index (χ0v) is 9.95. The van der Waals surface area contributed by atoms with Crippen molar-refractivity contribution in [2.24, 2.45) is 0 Å². The summed E-state index contributed by atoms with van der Waals surface area (Å²) >= 11 is 0. The molecular weight excluding hydrogens is 278 g/mol. The molecule has 0 spiro atoms. The molecule has 106 valence electrons. The van der Waals surface area contributed by atoms with Crippen molar-refractivity contribution in [2.75, 3.05) is 5.73 Å². The minimum Gasteiger partial charge on any atom is -0.455 e. The SMILES string of the molecule is Nc1cc(F)c(OC(F)F)cc1Oc1cccc(F)c1. The second kappa shape index (κ2) is 5.68. The summed E-state index contributed by atoms with van der Waals surface area (Å²) in [4.78, 5) is 0. The van der Waals surface area contributed by atoms with Gasteiger partial charge in [-0.3, -0.25) is 0 Å². The van der Waals surface area contributed by atoms with Gasteiger partial charge in [0.15, 0.2) is 17.3 Å². The molecule has 2 rings (SSSR count). The fourth-order valence-corrected chi connectivity index (χ4v) is 1.48. The summed E-state index contributed by atoms with van der Waals surface area (Å²) in [6.07, 6.45) is 0. The Morgan fingerprint density at radius 1 is 1.00 bits per heavy atom. The van der Waals surface area contributed by atoms with Gasteiger partial charge in [-0.15, -0.1) is 0 Å². The van der Waals surface area contributed by atoms with Gasteiger partial charge in [-0.2, -0.15) is 8.78 Å². The first kappa shape index (κ1) is 14.0. The van der Waals surface area contributed by atoms with E-state index in [1.54, 1.807) is 0 Å². The van der Waals surface area contributed by atoms with Crippen LogP contribution in [0.2, 0.25) is 0 Å². The first-order valence-electron chi connectivity index (χ1n) is 5.43. The highest BCUT2D eigenvalue weighted by Gasteiger charge is 2.14. The fourth-order valence-electron chi connectivity index (χ4n) is 1.48. The normalized spacial score (nSPS) is 10.7. The molecule has 0 unspecified atom stereocenters. The number of halogens is 4. The van der Waals surface area contributed by atoms with Crippen LogP contribution in [0.25, 0.3) is 0 Å². The smallest absolute Gasteiger partial charge is 0.387 e. The highest BCUT2D eigenvalue weighted by Crippen LogP contribution is 2.34. The average molecular weight is 287 g/mol. The molecule has 0 fully saturated rings. The van der Waals surface area contributed by atoms with Crippen molar-refractivity contribution in [3.05, 3.63) is 48.0 Å². The van der Waals surface area contributed by atoms with Crippen molar-refractivity contribution in [1.29, 1.82) is 0 Å². The summed E-state index contributed by atoms with van der Waals surface area (Å²) in [5.41, 5.74) is 5.37. The summed E-state index contributed by atoms with van der Waals surface area (Å²) in [5, 5.41) is 0. The zero-order valence-electron chi connectivity index (χ0n) is 9.95. The predicted molar refractivity (Wildman–Crippen MR) is 63.9 cm³/mol. The van der Waals surface area contributed by atoms with E-state index in [0.29, 0.717) is 0 Å². The van der Waals surface area contributed by atoms with Crippen LogP contribution in [0.4, 0.5) is 23.2 Å². The Kier molecular flexibility index (Phi) is 3.97. The van der Waals surface area contributed by atoms with Gasteiger partial charge >= 0.3 is 6.61 Å². The van der Waals surface area contributed by atoms with Crippen molar-refractivity contribution >= 4 is 5.69 Å². The van der Waals surface area contributed by atoms with Crippen LogP contribution in [0.1, 0.15) is 0 Å². The molecule has 0 amide bonds. The molecule has 7 heteroatoms. The molecule has 3 nitrogen and oxygen atoms in total. The molecule has 0 aliphatic carbocycles. The molecule has 0 aliphatic rings. The van der Waals surface area contributed by atoms with Gasteiger partial charge < -0.3 is 15.2 Å². The van der Waals surface area contributed by atoms with Crippen LogP contribution >= 0.6 is 0 Å². The van der Waals surface area contributed by atoms with Crippen LogP contribution in [0.15, 0.2) is 36.4 Å². The first-order chi connectivity index (χ1) is 9.45. The minimum absolute atomic E-state index is 0.0892. The van der Waals surface area contributed by atoms with E-state index in [-0.39, 0.29) is 17.2 Å². The summed E-state index contributed by atoms with van der Waals surface area (Å²) in [6.45, 7) is -3.19. The molecule has 0 bridgehead atoms. The second-order valence-electron chi connectivity index (χ2n) is 3.76. The lowest BCUT2D eigenvalue weighted by Gasteiger charge is -2.12. The van der Waals surface area contributed by atoms with Crippen LogP contribution in [0, 0.1) is 11.6 Å². The Hall–Kier alpha value is -2.44. The van der Waals surface area contributed by atoms with E-state index in [1.165, 1.54) is 18.2 Å². The zero-order chi connectivity index (χ0) is 14.7. The van der Waals surface area contributed by atoms with Crippen molar-refractivity contribution in [3.8, 4) is 17.2 Å². The molecule has 0 heterocycles. The third-order valence-corrected chi connectivity index (χ3v) is 2.30. The van der Waals surface area contributed by atoms with E-state index in [9.17, 15) is 17.6 Å². The number of anilines is 1. The first-order valence-corrected chi connectivity index (χ1v) is 5.43. The van der Waals surface area contributed by atoms with E-state index < -0.39 is 24.0 Å². The van der Waals surface area contributed by atoms with Gasteiger partial charge in [0.05, 0.1) is 5.69 Å². The molecular formula is C13H9F4NO2. The summed E-state index contributed by atoms with van der Waals surface area (Å²) < 4.78 is 59.7. The number of nitrogen functional groups attached to an aromatic ring is 1. The van der Waals surface area contributed by atoms with E-state index in [2.05, 4.69) is 4.74 Å². The fraction of sp³-hybridized carbons (Fsp3) is 0.0769. The third kappa shape index (κ3) is 3.31. The number of hydrogen-bond donors (Lipinski definition) is 1. The van der Waals surface area contributed by atoms with E-state index in [4.69, 9.17) is 10.5 Å².